The summed E-state index contributed by atoms with van der Waals surface area (Å²) in [7, 11) is 0. The molecular weight excluding hydrogens is 526 g/mol. The Bertz CT molecular complexity index is 997. The minimum atomic E-state index is -1.09. The van der Waals surface area contributed by atoms with Crippen molar-refractivity contribution in [3.63, 3.8) is 0 Å². The van der Waals surface area contributed by atoms with E-state index in [9.17, 15) is 14.4 Å². The molecule has 0 aliphatic carbocycles. The van der Waals surface area contributed by atoms with Crippen LogP contribution in [0, 0.1) is 6.92 Å². The van der Waals surface area contributed by atoms with Crippen LogP contribution in [-0.4, -0.2) is 33.7 Å². The molecule has 0 saturated carbocycles. The smallest absolute Gasteiger partial charge is 0.341 e. The van der Waals surface area contributed by atoms with E-state index in [1.807, 2.05) is 31.2 Å². The molecule has 9 heteroatoms. The molecule has 2 amide bonds. The number of imide groups is 1. The molecule has 2 aromatic carbocycles. The van der Waals surface area contributed by atoms with Gasteiger partial charge in [-0.1, -0.05) is 29.8 Å². The summed E-state index contributed by atoms with van der Waals surface area (Å²) in [5.41, 5.74) is 2.64. The summed E-state index contributed by atoms with van der Waals surface area (Å²) in [6, 6.07) is 11.0. The fourth-order valence-electron chi connectivity index (χ4n) is 2.60. The number of nitrogens with zero attached hydrogens (tertiary/aromatic N) is 1. The zero-order chi connectivity index (χ0) is 21.1. The SMILES string of the molecule is Cc1ccc(CN2C(=O)S/C(=C\c3cc(Br)c(OCC(=O)O)c(Br)c3)C2=O)cc1. The first-order valence-corrected chi connectivity index (χ1v) is 10.8. The van der Waals surface area contributed by atoms with Gasteiger partial charge in [0.25, 0.3) is 11.1 Å². The Hall–Kier alpha value is -2.10. The zero-order valence-electron chi connectivity index (χ0n) is 15.1. The molecule has 1 aliphatic heterocycles. The summed E-state index contributed by atoms with van der Waals surface area (Å²) in [5.74, 6) is -1.09. The highest BCUT2D eigenvalue weighted by molar-refractivity contribution is 9.11. The first kappa shape index (κ1) is 21.6. The normalized spacial score (nSPS) is 15.3. The van der Waals surface area contributed by atoms with Gasteiger partial charge in [-0.3, -0.25) is 14.5 Å². The number of rotatable bonds is 6. The number of carbonyl (C=O) groups excluding carboxylic acids is 2. The number of ether oxygens (including phenoxy) is 1. The minimum Gasteiger partial charge on any atom is -0.480 e. The standard InChI is InChI=1S/C20H15Br2NO5S/c1-11-2-4-12(5-3-11)9-23-19(26)16(29-20(23)27)8-13-6-14(21)18(15(22)7-13)28-10-17(24)25/h2-8H,9-10H2,1H3,(H,24,25)/b16-8-. The van der Waals surface area contributed by atoms with Gasteiger partial charge in [-0.15, -0.1) is 0 Å². The molecule has 1 aliphatic rings. The lowest BCUT2D eigenvalue weighted by Gasteiger charge is -2.12. The van der Waals surface area contributed by atoms with Crippen molar-refractivity contribution in [3.05, 3.63) is 66.9 Å². The van der Waals surface area contributed by atoms with E-state index in [1.165, 1.54) is 4.90 Å². The molecule has 1 fully saturated rings. The summed E-state index contributed by atoms with van der Waals surface area (Å²) in [5, 5.41) is 8.44. The van der Waals surface area contributed by atoms with Gasteiger partial charge < -0.3 is 9.84 Å². The average Bonchev–Trinajstić information content (AvgIpc) is 2.90. The zero-order valence-corrected chi connectivity index (χ0v) is 19.1. The number of halogens is 2. The number of hydrogen-bond acceptors (Lipinski definition) is 5. The van der Waals surface area contributed by atoms with Crippen molar-refractivity contribution in [2.24, 2.45) is 0 Å². The van der Waals surface area contributed by atoms with E-state index in [0.29, 0.717) is 25.2 Å². The maximum atomic E-state index is 12.7. The van der Waals surface area contributed by atoms with Crippen LogP contribution in [0.15, 0.2) is 50.2 Å². The Morgan fingerprint density at radius 3 is 2.38 bits per heavy atom. The number of carboxylic acid groups (broad SMARTS) is 1. The Balaban J connectivity index is 1.80. The fourth-order valence-corrected chi connectivity index (χ4v) is 4.89. The number of hydrogen-bond donors (Lipinski definition) is 1. The van der Waals surface area contributed by atoms with Crippen LogP contribution in [0.1, 0.15) is 16.7 Å². The number of aryl methyl sites for hydroxylation is 1. The van der Waals surface area contributed by atoms with Gasteiger partial charge in [0.05, 0.1) is 20.4 Å². The van der Waals surface area contributed by atoms with Crippen molar-refractivity contribution in [1.82, 2.24) is 4.90 Å². The number of thioether (sulfide) groups is 1. The predicted octanol–water partition coefficient (Wildman–Crippen LogP) is 5.22. The topological polar surface area (TPSA) is 83.9 Å². The lowest BCUT2D eigenvalue weighted by Crippen LogP contribution is -2.27. The molecule has 0 spiro atoms. The van der Waals surface area contributed by atoms with Gasteiger partial charge in [-0.2, -0.15) is 0 Å². The third-order valence-electron chi connectivity index (χ3n) is 3.99. The molecule has 0 radical (unpaired) electrons. The second-order valence-electron chi connectivity index (χ2n) is 6.25. The van der Waals surface area contributed by atoms with Gasteiger partial charge in [0.2, 0.25) is 0 Å². The number of benzene rings is 2. The second-order valence-corrected chi connectivity index (χ2v) is 8.95. The van der Waals surface area contributed by atoms with E-state index in [2.05, 4.69) is 31.9 Å². The molecule has 0 unspecified atom stereocenters. The van der Waals surface area contributed by atoms with E-state index in [-0.39, 0.29) is 17.7 Å². The Morgan fingerprint density at radius 2 is 1.79 bits per heavy atom. The van der Waals surface area contributed by atoms with E-state index < -0.39 is 12.6 Å². The number of carbonyl (C=O) groups is 3. The van der Waals surface area contributed by atoms with Gasteiger partial charge >= 0.3 is 5.97 Å². The minimum absolute atomic E-state index is 0.220. The van der Waals surface area contributed by atoms with Crippen LogP contribution in [0.4, 0.5) is 4.79 Å². The van der Waals surface area contributed by atoms with Crippen LogP contribution >= 0.6 is 43.6 Å². The van der Waals surface area contributed by atoms with Crippen molar-refractivity contribution in [2.75, 3.05) is 6.61 Å². The highest BCUT2D eigenvalue weighted by Gasteiger charge is 2.35. The van der Waals surface area contributed by atoms with Gasteiger partial charge in [-0.25, -0.2) is 4.79 Å². The summed E-state index contributed by atoms with van der Waals surface area (Å²) >= 11 is 7.57. The predicted molar refractivity (Wildman–Crippen MR) is 118 cm³/mol. The summed E-state index contributed by atoms with van der Waals surface area (Å²) in [6.07, 6.45) is 1.62. The molecule has 1 heterocycles. The lowest BCUT2D eigenvalue weighted by atomic mass is 10.1. The van der Waals surface area contributed by atoms with Crippen molar-refractivity contribution in [1.29, 1.82) is 0 Å². The maximum Gasteiger partial charge on any atom is 0.341 e. The molecular formula is C20H15Br2NO5S. The highest BCUT2D eigenvalue weighted by atomic mass is 79.9. The van der Waals surface area contributed by atoms with E-state index >= 15 is 0 Å². The van der Waals surface area contributed by atoms with Crippen LogP contribution < -0.4 is 4.74 Å². The van der Waals surface area contributed by atoms with Crippen LogP contribution in [-0.2, 0) is 16.1 Å². The Labute approximate surface area is 188 Å². The van der Waals surface area contributed by atoms with Crippen LogP contribution in [0.5, 0.6) is 5.75 Å². The number of aliphatic carboxylic acids is 1. The first-order valence-electron chi connectivity index (χ1n) is 8.39. The summed E-state index contributed by atoms with van der Waals surface area (Å²) in [6.45, 7) is 1.72. The maximum absolute atomic E-state index is 12.7. The Kier molecular flexibility index (Phi) is 6.81. The van der Waals surface area contributed by atoms with Crippen molar-refractivity contribution >= 4 is 66.8 Å². The molecule has 0 bridgehead atoms. The van der Waals surface area contributed by atoms with E-state index in [1.54, 1.807) is 18.2 Å². The van der Waals surface area contributed by atoms with Crippen molar-refractivity contribution in [3.8, 4) is 5.75 Å². The van der Waals surface area contributed by atoms with E-state index in [0.717, 1.165) is 22.9 Å². The largest absolute Gasteiger partial charge is 0.480 e. The van der Waals surface area contributed by atoms with Crippen molar-refractivity contribution in [2.45, 2.75) is 13.5 Å². The number of amides is 2. The average molecular weight is 541 g/mol. The third-order valence-corrected chi connectivity index (χ3v) is 6.08. The van der Waals surface area contributed by atoms with Gasteiger partial charge in [0, 0.05) is 0 Å². The molecule has 29 heavy (non-hydrogen) atoms. The Morgan fingerprint density at radius 1 is 1.17 bits per heavy atom. The number of carboxylic acids is 1. The van der Waals surface area contributed by atoms with Gasteiger partial charge in [-0.05, 0) is 79.9 Å². The quantitative estimate of drug-likeness (QED) is 0.506. The van der Waals surface area contributed by atoms with Crippen LogP contribution in [0.25, 0.3) is 6.08 Å². The van der Waals surface area contributed by atoms with Gasteiger partial charge in [0.15, 0.2) is 6.61 Å². The van der Waals surface area contributed by atoms with Crippen molar-refractivity contribution < 1.29 is 24.2 Å². The molecule has 1 saturated heterocycles. The lowest BCUT2D eigenvalue weighted by molar-refractivity contribution is -0.139. The van der Waals surface area contributed by atoms with Crippen LogP contribution in [0.3, 0.4) is 0 Å². The molecule has 1 N–H and O–H groups in total. The molecule has 150 valence electrons. The summed E-state index contributed by atoms with van der Waals surface area (Å²) in [4.78, 5) is 37.3. The van der Waals surface area contributed by atoms with Crippen LogP contribution in [0.2, 0.25) is 0 Å². The third kappa shape index (κ3) is 5.29. The monoisotopic (exact) mass is 539 g/mol. The fraction of sp³-hybridized carbons (Fsp3) is 0.150. The molecule has 3 rings (SSSR count). The first-order chi connectivity index (χ1) is 13.7. The molecule has 2 aromatic rings. The second kappa shape index (κ2) is 9.15. The summed E-state index contributed by atoms with van der Waals surface area (Å²) < 4.78 is 6.29. The highest BCUT2D eigenvalue weighted by Crippen LogP contribution is 2.38. The molecule has 0 aromatic heterocycles. The van der Waals surface area contributed by atoms with Gasteiger partial charge in [0.1, 0.15) is 5.75 Å². The van der Waals surface area contributed by atoms with E-state index in [4.69, 9.17) is 9.84 Å². The molecule has 6 nitrogen and oxygen atoms in total. The molecule has 0 atom stereocenters.